The molecule has 0 unspecified atom stereocenters. The van der Waals surface area contributed by atoms with Crippen molar-refractivity contribution < 1.29 is 4.79 Å². The van der Waals surface area contributed by atoms with Crippen LogP contribution in [0.15, 0.2) is 24.3 Å². The second kappa shape index (κ2) is 5.05. The van der Waals surface area contributed by atoms with Crippen molar-refractivity contribution in [3.8, 4) is 0 Å². The minimum absolute atomic E-state index is 0.641. The lowest BCUT2D eigenvalue weighted by Crippen LogP contribution is -2.42. The minimum atomic E-state index is 0.641. The molecule has 1 aromatic carbocycles. The van der Waals surface area contributed by atoms with Crippen LogP contribution in [-0.4, -0.2) is 37.4 Å². The Labute approximate surface area is 90.1 Å². The van der Waals surface area contributed by atoms with Gasteiger partial charge in [-0.15, -0.1) is 0 Å². The molecule has 0 aliphatic carbocycles. The Morgan fingerprint density at radius 2 is 2.13 bits per heavy atom. The van der Waals surface area contributed by atoms with Crippen molar-refractivity contribution in [1.82, 2.24) is 10.2 Å². The van der Waals surface area contributed by atoms with Gasteiger partial charge in [0.1, 0.15) is 0 Å². The van der Waals surface area contributed by atoms with Gasteiger partial charge in [0, 0.05) is 38.3 Å². The van der Waals surface area contributed by atoms with E-state index < -0.39 is 0 Å². The molecule has 1 radical (unpaired) electrons. The molecule has 0 atom stereocenters. The van der Waals surface area contributed by atoms with Crippen molar-refractivity contribution in [2.75, 3.05) is 26.2 Å². The summed E-state index contributed by atoms with van der Waals surface area (Å²) in [4.78, 5) is 12.9. The molecule has 3 heteroatoms. The van der Waals surface area contributed by atoms with E-state index in [0.29, 0.717) is 5.56 Å². The molecule has 0 bridgehead atoms. The molecule has 1 aliphatic heterocycles. The fraction of sp³-hybridized carbons (Fsp3) is 0.417. The van der Waals surface area contributed by atoms with Crippen LogP contribution >= 0.6 is 0 Å². The summed E-state index contributed by atoms with van der Waals surface area (Å²) in [6, 6.07) is 7.67. The Balaban J connectivity index is 1.99. The van der Waals surface area contributed by atoms with Gasteiger partial charge in [-0.05, 0) is 11.6 Å². The zero-order valence-electron chi connectivity index (χ0n) is 8.70. The highest BCUT2D eigenvalue weighted by atomic mass is 16.1. The Morgan fingerprint density at radius 3 is 2.87 bits per heavy atom. The van der Waals surface area contributed by atoms with E-state index in [9.17, 15) is 4.79 Å². The van der Waals surface area contributed by atoms with Crippen molar-refractivity contribution in [1.29, 1.82) is 0 Å². The van der Waals surface area contributed by atoms with Crippen LogP contribution < -0.4 is 5.32 Å². The molecule has 0 saturated carbocycles. The molecule has 1 saturated heterocycles. The molecule has 1 fully saturated rings. The molecule has 0 spiro atoms. The van der Waals surface area contributed by atoms with Gasteiger partial charge in [-0.25, -0.2) is 0 Å². The van der Waals surface area contributed by atoms with E-state index in [0.717, 1.165) is 32.7 Å². The number of hydrogen-bond acceptors (Lipinski definition) is 3. The molecule has 2 rings (SSSR count). The van der Waals surface area contributed by atoms with Gasteiger partial charge in [0.05, 0.1) is 0 Å². The van der Waals surface area contributed by atoms with Crippen LogP contribution in [0.5, 0.6) is 0 Å². The van der Waals surface area contributed by atoms with Crippen LogP contribution in [0, 0.1) is 0 Å². The number of benzene rings is 1. The first kappa shape index (κ1) is 10.3. The average molecular weight is 203 g/mol. The molecule has 3 nitrogen and oxygen atoms in total. The van der Waals surface area contributed by atoms with Gasteiger partial charge >= 0.3 is 0 Å². The van der Waals surface area contributed by atoms with E-state index in [1.165, 1.54) is 5.56 Å². The van der Waals surface area contributed by atoms with Crippen LogP contribution in [0.25, 0.3) is 0 Å². The topological polar surface area (TPSA) is 32.3 Å². The number of nitrogens with zero attached hydrogens (tertiary/aromatic N) is 1. The summed E-state index contributed by atoms with van der Waals surface area (Å²) in [6.45, 7) is 5.19. The van der Waals surface area contributed by atoms with Gasteiger partial charge in [0.25, 0.3) is 0 Å². The highest BCUT2D eigenvalue weighted by Gasteiger charge is 2.09. The summed E-state index contributed by atoms with van der Waals surface area (Å²) in [5.41, 5.74) is 1.83. The molecule has 1 aliphatic rings. The third kappa shape index (κ3) is 2.88. The fourth-order valence-corrected chi connectivity index (χ4v) is 1.86. The first-order chi connectivity index (χ1) is 7.38. The first-order valence-electron chi connectivity index (χ1n) is 5.28. The van der Waals surface area contributed by atoms with E-state index in [1.54, 1.807) is 6.07 Å². The normalized spacial score (nSPS) is 17.6. The molecule has 79 valence electrons. The highest BCUT2D eigenvalue weighted by molar-refractivity contribution is 5.75. The maximum Gasteiger partial charge on any atom is 0.233 e. The lowest BCUT2D eigenvalue weighted by atomic mass is 10.1. The second-order valence-electron chi connectivity index (χ2n) is 3.83. The van der Waals surface area contributed by atoms with Crippen LogP contribution in [0.4, 0.5) is 0 Å². The van der Waals surface area contributed by atoms with E-state index in [1.807, 2.05) is 18.4 Å². The quantitative estimate of drug-likeness (QED) is 0.778. The molecule has 1 N–H and O–H groups in total. The fourth-order valence-electron chi connectivity index (χ4n) is 1.86. The standard InChI is InChI=1S/C12H15N2O/c15-10-12-3-1-2-11(8-12)9-14-6-4-13-5-7-14/h1-3,8,13H,4-7,9H2. The molecular weight excluding hydrogens is 188 g/mol. The predicted molar refractivity (Wildman–Crippen MR) is 59.4 cm³/mol. The largest absolute Gasteiger partial charge is 0.314 e. The van der Waals surface area contributed by atoms with Crippen LogP contribution in [0.2, 0.25) is 0 Å². The molecule has 1 heterocycles. The summed E-state index contributed by atoms with van der Waals surface area (Å²) < 4.78 is 0. The number of rotatable bonds is 3. The molecular formula is C12H15N2O. The van der Waals surface area contributed by atoms with Gasteiger partial charge in [-0.1, -0.05) is 18.2 Å². The smallest absolute Gasteiger partial charge is 0.233 e. The summed E-state index contributed by atoms with van der Waals surface area (Å²) in [6.07, 6.45) is 1.92. The highest BCUT2D eigenvalue weighted by Crippen LogP contribution is 2.07. The Hall–Kier alpha value is -1.19. The van der Waals surface area contributed by atoms with Crippen LogP contribution in [-0.2, 0) is 11.3 Å². The average Bonchev–Trinajstić information content (AvgIpc) is 2.31. The molecule has 0 aromatic heterocycles. The third-order valence-corrected chi connectivity index (χ3v) is 2.66. The van der Waals surface area contributed by atoms with Crippen molar-refractivity contribution in [2.24, 2.45) is 0 Å². The number of piperazine rings is 1. The first-order valence-corrected chi connectivity index (χ1v) is 5.28. The maximum atomic E-state index is 10.5. The van der Waals surface area contributed by atoms with E-state index in [-0.39, 0.29) is 0 Å². The van der Waals surface area contributed by atoms with Crippen molar-refractivity contribution in [3.63, 3.8) is 0 Å². The van der Waals surface area contributed by atoms with E-state index in [4.69, 9.17) is 0 Å². The van der Waals surface area contributed by atoms with E-state index >= 15 is 0 Å². The predicted octanol–water partition coefficient (Wildman–Crippen LogP) is 0.550. The van der Waals surface area contributed by atoms with Gasteiger partial charge in [0.15, 0.2) is 0 Å². The Morgan fingerprint density at radius 1 is 1.33 bits per heavy atom. The SMILES string of the molecule is O=[C]c1cccc(CN2CCNCC2)c1. The van der Waals surface area contributed by atoms with Gasteiger partial charge in [-0.2, -0.15) is 0 Å². The molecule has 15 heavy (non-hydrogen) atoms. The summed E-state index contributed by atoms with van der Waals surface area (Å²) in [7, 11) is 0. The van der Waals surface area contributed by atoms with E-state index in [2.05, 4.69) is 16.3 Å². The summed E-state index contributed by atoms with van der Waals surface area (Å²) in [5, 5.41) is 3.32. The maximum absolute atomic E-state index is 10.5. The Kier molecular flexibility index (Phi) is 3.48. The van der Waals surface area contributed by atoms with Crippen molar-refractivity contribution in [2.45, 2.75) is 6.54 Å². The summed E-state index contributed by atoms with van der Waals surface area (Å²) >= 11 is 0. The van der Waals surface area contributed by atoms with Crippen molar-refractivity contribution >= 4 is 6.29 Å². The van der Waals surface area contributed by atoms with Crippen LogP contribution in [0.3, 0.4) is 0 Å². The van der Waals surface area contributed by atoms with Crippen LogP contribution in [0.1, 0.15) is 11.1 Å². The summed E-state index contributed by atoms with van der Waals surface area (Å²) in [5.74, 6) is 0. The van der Waals surface area contributed by atoms with Crippen molar-refractivity contribution in [3.05, 3.63) is 35.4 Å². The number of nitrogens with one attached hydrogen (secondary N) is 1. The van der Waals surface area contributed by atoms with Gasteiger partial charge in [0.2, 0.25) is 6.29 Å². The van der Waals surface area contributed by atoms with Gasteiger partial charge in [-0.3, -0.25) is 9.69 Å². The number of carbonyl (C=O) groups excluding carboxylic acids is 1. The lowest BCUT2D eigenvalue weighted by Gasteiger charge is -2.27. The molecule has 1 aromatic rings. The zero-order valence-corrected chi connectivity index (χ0v) is 8.70. The minimum Gasteiger partial charge on any atom is -0.314 e. The number of hydrogen-bond donors (Lipinski definition) is 1. The third-order valence-electron chi connectivity index (χ3n) is 2.66. The zero-order chi connectivity index (χ0) is 10.5. The lowest BCUT2D eigenvalue weighted by molar-refractivity contribution is 0.233. The Bertz CT molecular complexity index is 332. The van der Waals surface area contributed by atoms with Gasteiger partial charge < -0.3 is 5.32 Å². The second-order valence-corrected chi connectivity index (χ2v) is 3.83. The monoisotopic (exact) mass is 203 g/mol. The molecule has 0 amide bonds.